The molecule has 0 N–H and O–H groups in total. The van der Waals surface area contributed by atoms with Gasteiger partial charge in [0.2, 0.25) is 0 Å². The fourth-order valence-corrected chi connectivity index (χ4v) is 6.01. The van der Waals surface area contributed by atoms with Crippen molar-refractivity contribution in [2.45, 2.75) is 150 Å². The van der Waals surface area contributed by atoms with Gasteiger partial charge in [0, 0.05) is 17.4 Å². The lowest BCUT2D eigenvalue weighted by Gasteiger charge is -2.38. The van der Waals surface area contributed by atoms with Crippen LogP contribution in [0.5, 0.6) is 0 Å². The lowest BCUT2D eigenvalue weighted by atomic mass is 9.66. The second-order valence-corrected chi connectivity index (χ2v) is 14.6. The number of fused-ring (bicyclic) bond motifs is 1. The summed E-state index contributed by atoms with van der Waals surface area (Å²) < 4.78 is 10.2. The summed E-state index contributed by atoms with van der Waals surface area (Å²) in [4.78, 5) is 23.4. The molecule has 2 aromatic rings. The van der Waals surface area contributed by atoms with Crippen LogP contribution >= 0.6 is 0 Å². The summed E-state index contributed by atoms with van der Waals surface area (Å²) in [6, 6.07) is 16.8. The van der Waals surface area contributed by atoms with Crippen molar-refractivity contribution in [2.75, 3.05) is 13.7 Å². The Hall–Kier alpha value is -3.66. The molecule has 4 nitrogen and oxygen atoms in total. The van der Waals surface area contributed by atoms with Gasteiger partial charge in [0.05, 0.1) is 7.11 Å². The normalized spacial score (nSPS) is 15.0. The quantitative estimate of drug-likeness (QED) is 0.130. The molecule has 0 radical (unpaired) electrons. The smallest absolute Gasteiger partial charge is 0.334 e. The predicted molar refractivity (Wildman–Crippen MR) is 250 cm³/mol. The maximum absolute atomic E-state index is 12.6. The summed E-state index contributed by atoms with van der Waals surface area (Å²) >= 11 is 0. The summed E-state index contributed by atoms with van der Waals surface area (Å²) in [5.74, 6) is 2.67. The summed E-state index contributed by atoms with van der Waals surface area (Å²) in [6.07, 6.45) is 13.2. The van der Waals surface area contributed by atoms with Crippen molar-refractivity contribution in [1.29, 1.82) is 0 Å². The summed E-state index contributed by atoms with van der Waals surface area (Å²) in [5.41, 5.74) is 3.89. The highest BCUT2D eigenvalue weighted by Gasteiger charge is 2.40. The highest BCUT2D eigenvalue weighted by molar-refractivity contribution is 5.92. The van der Waals surface area contributed by atoms with Crippen LogP contribution in [0.1, 0.15) is 161 Å². The van der Waals surface area contributed by atoms with Gasteiger partial charge in [0.25, 0.3) is 6.47 Å². The minimum absolute atomic E-state index is 0.0326. The third-order valence-corrected chi connectivity index (χ3v) is 7.87. The first-order chi connectivity index (χ1) is 26.7. The molecule has 56 heavy (non-hydrogen) atoms. The monoisotopic (exact) mass is 777 g/mol. The number of hydrogen-bond donors (Lipinski definition) is 0. The Balaban J connectivity index is -0.000000360. The molecule has 4 heteroatoms. The van der Waals surface area contributed by atoms with Crippen molar-refractivity contribution in [3.8, 4) is 0 Å². The zero-order valence-electron chi connectivity index (χ0n) is 40.1. The van der Waals surface area contributed by atoms with E-state index in [-0.39, 0.29) is 36.2 Å². The van der Waals surface area contributed by atoms with Gasteiger partial charge in [-0.15, -0.1) is 0 Å². The van der Waals surface area contributed by atoms with E-state index in [4.69, 9.17) is 9.47 Å². The van der Waals surface area contributed by atoms with Crippen molar-refractivity contribution in [3.05, 3.63) is 106 Å². The van der Waals surface area contributed by atoms with E-state index in [1.54, 1.807) is 0 Å². The second-order valence-electron chi connectivity index (χ2n) is 14.6. The molecule has 0 spiro atoms. The van der Waals surface area contributed by atoms with Crippen LogP contribution in [-0.2, 0) is 19.1 Å². The number of esters is 1. The van der Waals surface area contributed by atoms with Crippen LogP contribution in [0, 0.1) is 35.5 Å². The molecule has 0 amide bonds. The summed E-state index contributed by atoms with van der Waals surface area (Å²) in [7, 11) is 1.40. The third kappa shape index (κ3) is 24.1. The Labute approximate surface area is 347 Å². The number of carbonyl (C=O) groups excluding carboxylic acids is 2. The number of benzene rings is 2. The number of hydrogen-bond acceptors (Lipinski definition) is 4. The molecule has 0 saturated heterocycles. The Bertz CT molecular complexity index is 1410. The Morgan fingerprint density at radius 3 is 1.23 bits per heavy atom. The van der Waals surface area contributed by atoms with Crippen LogP contribution in [0.25, 0.3) is 12.2 Å². The second kappa shape index (κ2) is 36.9. The molecule has 0 aliphatic heterocycles. The lowest BCUT2D eigenvalue weighted by molar-refractivity contribution is -0.137. The molecule has 0 aromatic heterocycles. The van der Waals surface area contributed by atoms with E-state index >= 15 is 0 Å². The van der Waals surface area contributed by atoms with Gasteiger partial charge < -0.3 is 9.47 Å². The van der Waals surface area contributed by atoms with Crippen molar-refractivity contribution in [2.24, 2.45) is 35.5 Å². The van der Waals surface area contributed by atoms with Crippen molar-refractivity contribution in [1.82, 2.24) is 0 Å². The van der Waals surface area contributed by atoms with Crippen molar-refractivity contribution >= 4 is 24.6 Å². The minimum Gasteiger partial charge on any atom is -0.466 e. The van der Waals surface area contributed by atoms with Crippen LogP contribution in [-0.4, -0.2) is 26.2 Å². The number of rotatable bonds is 11. The van der Waals surface area contributed by atoms with E-state index in [9.17, 15) is 9.59 Å². The molecule has 320 valence electrons. The maximum atomic E-state index is 12.6. The van der Waals surface area contributed by atoms with E-state index in [0.29, 0.717) is 35.7 Å². The van der Waals surface area contributed by atoms with Gasteiger partial charge in [-0.25, -0.2) is 4.79 Å². The molecule has 0 heterocycles. The first-order valence-corrected chi connectivity index (χ1v) is 21.7. The third-order valence-electron chi connectivity index (χ3n) is 7.87. The van der Waals surface area contributed by atoms with Crippen molar-refractivity contribution in [3.63, 3.8) is 0 Å². The Morgan fingerprint density at radius 1 is 0.571 bits per heavy atom. The zero-order valence-corrected chi connectivity index (χ0v) is 40.1. The van der Waals surface area contributed by atoms with Gasteiger partial charge in [0.15, 0.2) is 0 Å². The van der Waals surface area contributed by atoms with Gasteiger partial charge in [-0.1, -0.05) is 223 Å². The molecule has 3 rings (SSSR count). The number of methoxy groups -OCH3 is 1. The minimum atomic E-state index is -0.335. The van der Waals surface area contributed by atoms with Crippen LogP contribution < -0.4 is 10.4 Å². The fourth-order valence-electron chi connectivity index (χ4n) is 6.01. The Morgan fingerprint density at radius 2 is 0.929 bits per heavy atom. The van der Waals surface area contributed by atoms with Crippen LogP contribution in [0.3, 0.4) is 0 Å². The topological polar surface area (TPSA) is 52.6 Å². The van der Waals surface area contributed by atoms with Gasteiger partial charge in [-0.2, -0.15) is 0 Å². The summed E-state index contributed by atoms with van der Waals surface area (Å²) in [5, 5.41) is 2.72. The van der Waals surface area contributed by atoms with Gasteiger partial charge in [-0.05, 0) is 62.6 Å². The highest BCUT2D eigenvalue weighted by Crippen LogP contribution is 2.49. The van der Waals surface area contributed by atoms with Crippen LogP contribution in [0.4, 0.5) is 0 Å². The van der Waals surface area contributed by atoms with E-state index in [2.05, 4.69) is 156 Å². The number of carbonyl (C=O) groups is 2. The lowest BCUT2D eigenvalue weighted by Crippen LogP contribution is -2.31. The standard InChI is InChI=1S/C20H26O4.C14H20.C10H18.4C2H6/c1-12(2)17-14-8-6-7-9-15(14)18(13(3)4)19(20(22)23-5)16(17)10-24-11-21;1-11(2)9-13-7-5-6-8-14(13)10-12(3)4;1-9(2)7-5-6-8-10(3)4;4*1-2/h6-9,11-13,17-18H,10H2,1-5H3;5-12H,1-4H3;5-10H,1-4H3;4*1-2H3/b;13-9-,14-10-;7-5-,8-6-;;;;. The van der Waals surface area contributed by atoms with Gasteiger partial charge >= 0.3 is 5.97 Å². The van der Waals surface area contributed by atoms with E-state index < -0.39 is 0 Å². The van der Waals surface area contributed by atoms with E-state index in [0.717, 1.165) is 5.57 Å². The molecule has 0 fully saturated rings. The number of allylic oxidation sites excluding steroid dienone is 4. The van der Waals surface area contributed by atoms with Gasteiger partial charge in [-0.3, -0.25) is 4.79 Å². The molecule has 2 atom stereocenters. The molecule has 2 unspecified atom stereocenters. The molecule has 1 aliphatic rings. The Kier molecular flexibility index (Phi) is 39.0. The van der Waals surface area contributed by atoms with E-state index in [1.165, 1.54) is 28.7 Å². The van der Waals surface area contributed by atoms with Gasteiger partial charge in [0.1, 0.15) is 6.61 Å². The molecule has 0 bridgehead atoms. The molecular weight excluding hydrogens is 689 g/mol. The number of ether oxygens (including phenoxy) is 2. The highest BCUT2D eigenvalue weighted by atomic mass is 16.5. The van der Waals surface area contributed by atoms with E-state index in [1.807, 2.05) is 67.5 Å². The average molecular weight is 777 g/mol. The molecule has 1 aliphatic carbocycles. The molecule has 0 saturated carbocycles. The first kappa shape index (κ1) is 59.0. The SMILES string of the molecule is CC.CC.CC.CC.CC(C)/C=C\C=C/C(C)C.CC(C)/C=c1/cccc/c1=C/C(C)C.COC(=O)C1=C(COC=O)C(C(C)C)c2ccccc2C1C(C)C. The zero-order chi connectivity index (χ0) is 44.4. The average Bonchev–Trinajstić information content (AvgIpc) is 3.18. The van der Waals surface area contributed by atoms with Crippen molar-refractivity contribution < 1.29 is 19.1 Å². The molecule has 2 aromatic carbocycles. The van der Waals surface area contributed by atoms with Crippen LogP contribution in [0.2, 0.25) is 0 Å². The maximum Gasteiger partial charge on any atom is 0.334 e. The first-order valence-electron chi connectivity index (χ1n) is 21.7. The summed E-state index contributed by atoms with van der Waals surface area (Å²) in [6.45, 7) is 42.6. The largest absolute Gasteiger partial charge is 0.466 e. The van der Waals surface area contributed by atoms with Crippen LogP contribution in [0.15, 0.2) is 84.0 Å². The fraction of sp³-hybridized carbons (Fsp3) is 0.577. The molecular formula is C52H88O4. The predicted octanol–water partition coefficient (Wildman–Crippen LogP) is 13.9.